The Bertz CT molecular complexity index is 326. The summed E-state index contributed by atoms with van der Waals surface area (Å²) in [4.78, 5) is 0. The minimum absolute atomic E-state index is 0.299. The zero-order chi connectivity index (χ0) is 12.5. The summed E-state index contributed by atoms with van der Waals surface area (Å²) in [6.45, 7) is 3.20. The Kier molecular flexibility index (Phi) is 7.29. The largest absolute Gasteiger partial charge is 0.494 e. The van der Waals surface area contributed by atoms with Gasteiger partial charge < -0.3 is 9.84 Å². The lowest BCUT2D eigenvalue weighted by Crippen LogP contribution is -1.98. The zero-order valence-electron chi connectivity index (χ0n) is 10.4. The summed E-state index contributed by atoms with van der Waals surface area (Å²) in [5, 5.41) is 8.65. The molecule has 1 aromatic carbocycles. The van der Waals surface area contributed by atoms with Crippen molar-refractivity contribution in [1.82, 2.24) is 0 Å². The fraction of sp³-hybridized carbons (Fsp3) is 0.571. The molecule has 1 aromatic rings. The number of aliphatic hydroxyl groups excluding tert-OH is 1. The van der Waals surface area contributed by atoms with Crippen molar-refractivity contribution in [3.63, 3.8) is 0 Å². The first-order valence-electron chi connectivity index (χ1n) is 6.30. The molecule has 0 saturated heterocycles. The van der Waals surface area contributed by atoms with Crippen LogP contribution in [0.3, 0.4) is 0 Å². The van der Waals surface area contributed by atoms with Gasteiger partial charge in [-0.05, 0) is 49.4 Å². The Morgan fingerprint density at radius 2 is 1.94 bits per heavy atom. The number of aryl methyl sites for hydroxylation is 1. The minimum atomic E-state index is 0.299. The van der Waals surface area contributed by atoms with E-state index in [0.29, 0.717) is 6.61 Å². The molecule has 0 radical (unpaired) electrons. The van der Waals surface area contributed by atoms with E-state index in [9.17, 15) is 0 Å². The zero-order valence-corrected chi connectivity index (χ0v) is 12.0. The predicted molar refractivity (Wildman–Crippen MR) is 74.6 cm³/mol. The van der Waals surface area contributed by atoms with Crippen LogP contribution in [0.1, 0.15) is 38.2 Å². The van der Waals surface area contributed by atoms with Crippen molar-refractivity contribution in [2.24, 2.45) is 0 Å². The molecule has 0 atom stereocenters. The molecule has 1 N–H and O–H groups in total. The molecule has 0 unspecified atom stereocenters. The maximum atomic E-state index is 8.65. The van der Waals surface area contributed by atoms with Crippen molar-refractivity contribution in [2.45, 2.75) is 39.0 Å². The van der Waals surface area contributed by atoms with Crippen LogP contribution < -0.4 is 4.74 Å². The fourth-order valence-electron chi connectivity index (χ4n) is 1.67. The van der Waals surface area contributed by atoms with E-state index in [0.717, 1.165) is 48.9 Å². The summed E-state index contributed by atoms with van der Waals surface area (Å²) in [6.07, 6.45) is 5.17. The summed E-state index contributed by atoms with van der Waals surface area (Å²) >= 11 is 3.52. The number of rotatable bonds is 8. The first-order chi connectivity index (χ1) is 8.27. The van der Waals surface area contributed by atoms with Crippen LogP contribution in [0, 0.1) is 0 Å². The number of halogens is 1. The van der Waals surface area contributed by atoms with Crippen molar-refractivity contribution < 1.29 is 9.84 Å². The maximum Gasteiger partial charge on any atom is 0.119 e. The Labute approximate surface area is 112 Å². The summed E-state index contributed by atoms with van der Waals surface area (Å²) in [7, 11) is 0. The minimum Gasteiger partial charge on any atom is -0.494 e. The van der Waals surface area contributed by atoms with Crippen LogP contribution in [-0.2, 0) is 6.42 Å². The van der Waals surface area contributed by atoms with Crippen LogP contribution in [0.5, 0.6) is 5.75 Å². The van der Waals surface area contributed by atoms with E-state index in [4.69, 9.17) is 9.84 Å². The van der Waals surface area contributed by atoms with E-state index >= 15 is 0 Å². The highest BCUT2D eigenvalue weighted by atomic mass is 79.9. The molecule has 0 aliphatic carbocycles. The summed E-state index contributed by atoms with van der Waals surface area (Å²) in [5.41, 5.74) is 1.28. The van der Waals surface area contributed by atoms with Crippen molar-refractivity contribution in [1.29, 1.82) is 0 Å². The molecular formula is C14H21BrO2. The lowest BCUT2D eigenvalue weighted by Gasteiger charge is -2.08. The Balaban J connectivity index is 2.27. The second-order valence-corrected chi connectivity index (χ2v) is 4.95. The van der Waals surface area contributed by atoms with Gasteiger partial charge in [0.05, 0.1) is 6.61 Å². The molecule has 0 fully saturated rings. The molecule has 0 heterocycles. The summed E-state index contributed by atoms with van der Waals surface area (Å²) in [5.74, 6) is 0.951. The number of ether oxygens (including phenoxy) is 1. The van der Waals surface area contributed by atoms with E-state index in [2.05, 4.69) is 28.9 Å². The topological polar surface area (TPSA) is 29.5 Å². The normalized spacial score (nSPS) is 10.5. The van der Waals surface area contributed by atoms with Gasteiger partial charge in [0.2, 0.25) is 0 Å². The van der Waals surface area contributed by atoms with Crippen LogP contribution in [-0.4, -0.2) is 18.3 Å². The third-order valence-corrected chi connectivity index (χ3v) is 3.49. The summed E-state index contributed by atoms with van der Waals surface area (Å²) in [6, 6.07) is 6.13. The predicted octanol–water partition coefficient (Wildman–Crippen LogP) is 3.94. The number of aliphatic hydroxyl groups is 1. The molecule has 96 valence electrons. The number of unbranched alkanes of at least 4 members (excludes halogenated alkanes) is 3. The van der Waals surface area contributed by atoms with Gasteiger partial charge in [0.25, 0.3) is 0 Å². The molecule has 1 rings (SSSR count). The van der Waals surface area contributed by atoms with Crippen molar-refractivity contribution in [3.8, 4) is 5.75 Å². The highest BCUT2D eigenvalue weighted by molar-refractivity contribution is 9.10. The third-order valence-electron chi connectivity index (χ3n) is 2.72. The lowest BCUT2D eigenvalue weighted by atomic mass is 10.1. The van der Waals surface area contributed by atoms with Crippen LogP contribution >= 0.6 is 15.9 Å². The molecular weight excluding hydrogens is 280 g/mol. The van der Waals surface area contributed by atoms with Gasteiger partial charge in [0, 0.05) is 11.1 Å². The molecule has 3 heteroatoms. The molecule has 2 nitrogen and oxygen atoms in total. The molecule has 0 aliphatic heterocycles. The fourth-order valence-corrected chi connectivity index (χ4v) is 2.20. The van der Waals surface area contributed by atoms with Gasteiger partial charge >= 0.3 is 0 Å². The van der Waals surface area contributed by atoms with E-state index in [1.54, 1.807) is 0 Å². The second-order valence-electron chi connectivity index (χ2n) is 4.09. The van der Waals surface area contributed by atoms with Gasteiger partial charge in [0.1, 0.15) is 5.75 Å². The highest BCUT2D eigenvalue weighted by Crippen LogP contribution is 2.23. The molecule has 0 amide bonds. The van der Waals surface area contributed by atoms with Gasteiger partial charge in [0.15, 0.2) is 0 Å². The SMILES string of the molecule is CCc1cc(OCCCCCCO)ccc1Br. The average molecular weight is 301 g/mol. The standard InChI is InChI=1S/C14H21BrO2/c1-2-12-11-13(7-8-14(12)15)17-10-6-4-3-5-9-16/h7-8,11,16H,2-6,9-10H2,1H3. The van der Waals surface area contributed by atoms with Crippen LogP contribution in [0.4, 0.5) is 0 Å². The van der Waals surface area contributed by atoms with Crippen molar-refractivity contribution in [2.75, 3.05) is 13.2 Å². The van der Waals surface area contributed by atoms with Crippen LogP contribution in [0.2, 0.25) is 0 Å². The molecule has 17 heavy (non-hydrogen) atoms. The van der Waals surface area contributed by atoms with Gasteiger partial charge in [-0.15, -0.1) is 0 Å². The van der Waals surface area contributed by atoms with E-state index < -0.39 is 0 Å². The van der Waals surface area contributed by atoms with E-state index in [1.165, 1.54) is 5.56 Å². The van der Waals surface area contributed by atoms with Crippen LogP contribution in [0.15, 0.2) is 22.7 Å². The first-order valence-corrected chi connectivity index (χ1v) is 7.09. The molecule has 0 aromatic heterocycles. The van der Waals surface area contributed by atoms with E-state index in [-0.39, 0.29) is 0 Å². The van der Waals surface area contributed by atoms with Gasteiger partial charge in [-0.3, -0.25) is 0 Å². The quantitative estimate of drug-likeness (QED) is 0.737. The van der Waals surface area contributed by atoms with Gasteiger partial charge in [-0.2, -0.15) is 0 Å². The van der Waals surface area contributed by atoms with Crippen molar-refractivity contribution >= 4 is 15.9 Å². The Morgan fingerprint density at radius 3 is 2.65 bits per heavy atom. The first kappa shape index (κ1) is 14.5. The van der Waals surface area contributed by atoms with Gasteiger partial charge in [-0.1, -0.05) is 29.3 Å². The van der Waals surface area contributed by atoms with E-state index in [1.807, 2.05) is 12.1 Å². The smallest absolute Gasteiger partial charge is 0.119 e. The molecule has 0 spiro atoms. The third kappa shape index (κ3) is 5.55. The Hall–Kier alpha value is -0.540. The Morgan fingerprint density at radius 1 is 1.18 bits per heavy atom. The second kappa shape index (κ2) is 8.54. The van der Waals surface area contributed by atoms with Gasteiger partial charge in [-0.25, -0.2) is 0 Å². The monoisotopic (exact) mass is 300 g/mol. The average Bonchev–Trinajstić information content (AvgIpc) is 2.35. The number of hydrogen-bond donors (Lipinski definition) is 1. The molecule has 0 saturated carbocycles. The van der Waals surface area contributed by atoms with Crippen LogP contribution in [0.25, 0.3) is 0 Å². The summed E-state index contributed by atoms with van der Waals surface area (Å²) < 4.78 is 6.85. The number of hydrogen-bond acceptors (Lipinski definition) is 2. The molecule has 0 aliphatic rings. The number of benzene rings is 1. The highest BCUT2D eigenvalue weighted by Gasteiger charge is 2.00. The molecule has 0 bridgehead atoms. The maximum absolute atomic E-state index is 8.65. The van der Waals surface area contributed by atoms with Crippen molar-refractivity contribution in [3.05, 3.63) is 28.2 Å². The lowest BCUT2D eigenvalue weighted by molar-refractivity contribution is 0.273.